The molecule has 1 saturated heterocycles. The van der Waals surface area contributed by atoms with Crippen LogP contribution in [0.15, 0.2) is 79.3 Å². The molecular weight excluding hydrogens is 429 g/mol. The van der Waals surface area contributed by atoms with Gasteiger partial charge in [-0.1, -0.05) is 24.3 Å². The van der Waals surface area contributed by atoms with Gasteiger partial charge >= 0.3 is 6.03 Å². The Morgan fingerprint density at radius 2 is 1.94 bits per heavy atom. The highest BCUT2D eigenvalue weighted by molar-refractivity contribution is 5.89. The van der Waals surface area contributed by atoms with Crippen LogP contribution in [0.3, 0.4) is 0 Å². The highest BCUT2D eigenvalue weighted by Gasteiger charge is 2.21. The first-order valence-corrected chi connectivity index (χ1v) is 11.7. The summed E-state index contributed by atoms with van der Waals surface area (Å²) in [5.74, 6) is 0. The summed E-state index contributed by atoms with van der Waals surface area (Å²) < 4.78 is 15.7. The topological polar surface area (TPSA) is 62.2 Å². The zero-order valence-corrected chi connectivity index (χ0v) is 19.0. The number of nitrogens with zero attached hydrogens (tertiary/aromatic N) is 3. The van der Waals surface area contributed by atoms with Crippen molar-refractivity contribution < 1.29 is 9.18 Å². The Bertz CT molecular complexity index is 1260. The number of likely N-dealkylation sites (tertiary alicyclic amines) is 1. The van der Waals surface area contributed by atoms with Gasteiger partial charge in [0.05, 0.1) is 5.52 Å². The molecule has 7 heteroatoms. The summed E-state index contributed by atoms with van der Waals surface area (Å²) in [6.45, 7) is 2.66. The molecule has 1 aliphatic heterocycles. The molecule has 2 amide bonds. The fourth-order valence-corrected chi connectivity index (χ4v) is 4.50. The van der Waals surface area contributed by atoms with Crippen LogP contribution >= 0.6 is 0 Å². The lowest BCUT2D eigenvalue weighted by molar-refractivity contribution is 0.251. The first kappa shape index (κ1) is 22.1. The van der Waals surface area contributed by atoms with E-state index < -0.39 is 6.17 Å². The van der Waals surface area contributed by atoms with E-state index >= 15 is 0 Å². The van der Waals surface area contributed by atoms with E-state index in [9.17, 15) is 9.18 Å². The van der Waals surface area contributed by atoms with Gasteiger partial charge < -0.3 is 20.1 Å². The minimum absolute atomic E-state index is 0.261. The Labute approximate surface area is 198 Å². The second-order valence-electron chi connectivity index (χ2n) is 8.69. The Hall–Kier alpha value is -3.71. The van der Waals surface area contributed by atoms with Gasteiger partial charge in [-0.15, -0.1) is 0 Å². The number of carbonyl (C=O) groups excluding carboxylic acids is 1. The number of fused-ring (bicyclic) bond motifs is 1. The SMILES string of the molecule is O=C(NCc1cccnc1)Nc1ccc(-n2cc(CCN3CCC(F)C3)c3ccccc32)cc1. The first-order chi connectivity index (χ1) is 16.7. The van der Waals surface area contributed by atoms with Gasteiger partial charge in [-0.2, -0.15) is 0 Å². The Morgan fingerprint density at radius 3 is 2.71 bits per heavy atom. The van der Waals surface area contributed by atoms with E-state index in [4.69, 9.17) is 0 Å². The summed E-state index contributed by atoms with van der Waals surface area (Å²) in [4.78, 5) is 18.5. The van der Waals surface area contributed by atoms with E-state index in [1.54, 1.807) is 12.4 Å². The van der Waals surface area contributed by atoms with Crippen molar-refractivity contribution in [1.29, 1.82) is 0 Å². The Balaban J connectivity index is 1.26. The van der Waals surface area contributed by atoms with Gasteiger partial charge in [0, 0.05) is 61.5 Å². The summed E-state index contributed by atoms with van der Waals surface area (Å²) in [5, 5.41) is 6.93. The monoisotopic (exact) mass is 457 g/mol. The van der Waals surface area contributed by atoms with Crippen molar-refractivity contribution in [3.8, 4) is 5.69 Å². The average Bonchev–Trinajstić information content (AvgIpc) is 3.46. The molecule has 0 spiro atoms. The van der Waals surface area contributed by atoms with Crippen LogP contribution < -0.4 is 10.6 Å². The molecule has 5 rings (SSSR count). The van der Waals surface area contributed by atoms with E-state index in [0.717, 1.165) is 42.0 Å². The number of para-hydroxylation sites is 1. The van der Waals surface area contributed by atoms with Crippen LogP contribution in [0, 0.1) is 0 Å². The van der Waals surface area contributed by atoms with Crippen molar-refractivity contribution >= 4 is 22.6 Å². The number of pyridine rings is 1. The van der Waals surface area contributed by atoms with Crippen LogP contribution in [-0.4, -0.2) is 46.3 Å². The van der Waals surface area contributed by atoms with Gasteiger partial charge in [0.25, 0.3) is 0 Å². The third kappa shape index (κ3) is 5.10. The lowest BCUT2D eigenvalue weighted by atomic mass is 10.1. The smallest absolute Gasteiger partial charge is 0.319 e. The number of amides is 2. The lowest BCUT2D eigenvalue weighted by Crippen LogP contribution is -2.28. The number of alkyl halides is 1. The van der Waals surface area contributed by atoms with Crippen molar-refractivity contribution in [2.24, 2.45) is 0 Å². The fraction of sp³-hybridized carbons (Fsp3) is 0.259. The molecule has 0 saturated carbocycles. The number of halogens is 1. The molecule has 0 bridgehead atoms. The van der Waals surface area contributed by atoms with Crippen molar-refractivity contribution in [2.75, 3.05) is 25.0 Å². The maximum atomic E-state index is 13.5. The minimum Gasteiger partial charge on any atom is -0.334 e. The molecule has 0 aliphatic carbocycles. The second-order valence-corrected chi connectivity index (χ2v) is 8.69. The third-order valence-corrected chi connectivity index (χ3v) is 6.29. The fourth-order valence-electron chi connectivity index (χ4n) is 4.50. The number of aromatic nitrogens is 2. The second kappa shape index (κ2) is 10.1. The van der Waals surface area contributed by atoms with Crippen molar-refractivity contribution in [3.05, 3.63) is 90.4 Å². The third-order valence-electron chi connectivity index (χ3n) is 6.29. The number of urea groups is 1. The van der Waals surface area contributed by atoms with Crippen molar-refractivity contribution in [1.82, 2.24) is 19.8 Å². The molecule has 1 atom stereocenters. The van der Waals surface area contributed by atoms with E-state index in [1.165, 1.54) is 10.9 Å². The Morgan fingerprint density at radius 1 is 1.09 bits per heavy atom. The Kier molecular flexibility index (Phi) is 6.53. The van der Waals surface area contributed by atoms with Crippen LogP contribution in [0.1, 0.15) is 17.5 Å². The van der Waals surface area contributed by atoms with E-state index in [-0.39, 0.29) is 6.03 Å². The largest absolute Gasteiger partial charge is 0.334 e. The summed E-state index contributed by atoms with van der Waals surface area (Å²) in [5.41, 5.74) is 5.08. The number of hydrogen-bond donors (Lipinski definition) is 2. The standard InChI is InChI=1S/C27H28FN5O/c28-22-12-15-32(19-22)14-11-21-18-33(26-6-2-1-5-25(21)26)24-9-7-23(8-10-24)31-27(34)30-17-20-4-3-13-29-16-20/h1-10,13,16,18,22H,11-12,14-15,17,19H2,(H2,30,31,34). The lowest BCUT2D eigenvalue weighted by Gasteiger charge is -2.13. The van der Waals surface area contributed by atoms with Crippen LogP contribution in [0.25, 0.3) is 16.6 Å². The number of nitrogens with one attached hydrogen (secondary N) is 2. The number of benzene rings is 2. The minimum atomic E-state index is -0.689. The maximum Gasteiger partial charge on any atom is 0.319 e. The molecule has 0 radical (unpaired) electrons. The summed E-state index contributed by atoms with van der Waals surface area (Å²) >= 11 is 0. The van der Waals surface area contributed by atoms with Crippen molar-refractivity contribution in [2.45, 2.75) is 25.6 Å². The summed E-state index contributed by atoms with van der Waals surface area (Å²) in [7, 11) is 0. The predicted octanol–water partition coefficient (Wildman–Crippen LogP) is 4.93. The quantitative estimate of drug-likeness (QED) is 0.414. The van der Waals surface area contributed by atoms with E-state index in [0.29, 0.717) is 19.5 Å². The van der Waals surface area contributed by atoms with Gasteiger partial charge in [-0.3, -0.25) is 4.98 Å². The zero-order chi connectivity index (χ0) is 23.3. The maximum absolute atomic E-state index is 13.5. The van der Waals surface area contributed by atoms with Crippen molar-refractivity contribution in [3.63, 3.8) is 0 Å². The van der Waals surface area contributed by atoms with Gasteiger partial charge in [-0.05, 0) is 60.4 Å². The molecule has 1 unspecified atom stereocenters. The van der Waals surface area contributed by atoms with Gasteiger partial charge in [0.2, 0.25) is 0 Å². The summed E-state index contributed by atoms with van der Waals surface area (Å²) in [6, 6.07) is 19.7. The molecule has 34 heavy (non-hydrogen) atoms. The summed E-state index contributed by atoms with van der Waals surface area (Å²) in [6.07, 6.45) is 6.45. The molecule has 1 fully saturated rings. The van der Waals surface area contributed by atoms with Crippen LogP contribution in [-0.2, 0) is 13.0 Å². The molecule has 2 N–H and O–H groups in total. The average molecular weight is 458 g/mol. The van der Waals surface area contributed by atoms with E-state index in [2.05, 4.69) is 49.5 Å². The molecule has 6 nitrogen and oxygen atoms in total. The highest BCUT2D eigenvalue weighted by Crippen LogP contribution is 2.26. The molecular formula is C27H28FN5O. The number of anilines is 1. The molecule has 174 valence electrons. The van der Waals surface area contributed by atoms with E-state index in [1.807, 2.05) is 42.5 Å². The van der Waals surface area contributed by atoms with Gasteiger partial charge in [-0.25, -0.2) is 9.18 Å². The molecule has 2 aromatic heterocycles. The van der Waals surface area contributed by atoms with Crippen LogP contribution in [0.4, 0.5) is 14.9 Å². The number of carbonyl (C=O) groups is 1. The van der Waals surface area contributed by atoms with Gasteiger partial charge in [0.1, 0.15) is 6.17 Å². The molecule has 1 aliphatic rings. The number of hydrogen-bond acceptors (Lipinski definition) is 3. The normalized spacial score (nSPS) is 16.1. The van der Waals surface area contributed by atoms with Crippen LogP contribution in [0.5, 0.6) is 0 Å². The zero-order valence-electron chi connectivity index (χ0n) is 19.0. The van der Waals surface area contributed by atoms with Gasteiger partial charge in [0.15, 0.2) is 0 Å². The molecule has 3 heterocycles. The first-order valence-electron chi connectivity index (χ1n) is 11.7. The predicted molar refractivity (Wildman–Crippen MR) is 133 cm³/mol. The number of rotatable bonds is 7. The highest BCUT2D eigenvalue weighted by atomic mass is 19.1. The molecule has 4 aromatic rings. The molecule has 2 aromatic carbocycles. The van der Waals surface area contributed by atoms with Crippen LogP contribution in [0.2, 0.25) is 0 Å².